The van der Waals surface area contributed by atoms with Crippen LogP contribution >= 0.6 is 0 Å². The highest BCUT2D eigenvalue weighted by Crippen LogP contribution is 2.22. The zero-order chi connectivity index (χ0) is 20.3. The van der Waals surface area contributed by atoms with E-state index < -0.39 is 10.0 Å². The van der Waals surface area contributed by atoms with Gasteiger partial charge in [-0.25, -0.2) is 8.42 Å². The Morgan fingerprint density at radius 1 is 1.07 bits per heavy atom. The summed E-state index contributed by atoms with van der Waals surface area (Å²) in [6.07, 6.45) is 1.23. The molecule has 0 atom stereocenters. The molecule has 1 saturated heterocycles. The van der Waals surface area contributed by atoms with Gasteiger partial charge in [0, 0.05) is 29.9 Å². The molecule has 2 heterocycles. The SMILES string of the molecule is O=C(Nc1cccc(-c2nnco2)c1)c1ccc(S(=O)(=O)N2CCOCC2)cc1. The molecule has 4 rings (SSSR count). The molecule has 1 aromatic heterocycles. The van der Waals surface area contributed by atoms with E-state index in [-0.39, 0.29) is 10.8 Å². The van der Waals surface area contributed by atoms with E-state index in [0.717, 1.165) is 0 Å². The van der Waals surface area contributed by atoms with Gasteiger partial charge in [-0.1, -0.05) is 6.07 Å². The molecule has 9 nitrogen and oxygen atoms in total. The van der Waals surface area contributed by atoms with Gasteiger partial charge in [-0.2, -0.15) is 4.31 Å². The predicted molar refractivity (Wildman–Crippen MR) is 104 cm³/mol. The van der Waals surface area contributed by atoms with Gasteiger partial charge in [0.25, 0.3) is 5.91 Å². The van der Waals surface area contributed by atoms with Crippen LogP contribution in [0.2, 0.25) is 0 Å². The maximum atomic E-state index is 12.7. The molecule has 1 fully saturated rings. The van der Waals surface area contributed by atoms with Crippen molar-refractivity contribution < 1.29 is 22.4 Å². The van der Waals surface area contributed by atoms with E-state index >= 15 is 0 Å². The number of hydrogen-bond donors (Lipinski definition) is 1. The third-order valence-corrected chi connectivity index (χ3v) is 6.36. The molecule has 0 spiro atoms. The smallest absolute Gasteiger partial charge is 0.255 e. The van der Waals surface area contributed by atoms with Gasteiger partial charge >= 0.3 is 0 Å². The van der Waals surface area contributed by atoms with Crippen molar-refractivity contribution in [2.45, 2.75) is 4.90 Å². The molecule has 0 aliphatic carbocycles. The van der Waals surface area contributed by atoms with Crippen LogP contribution in [0.25, 0.3) is 11.5 Å². The lowest BCUT2D eigenvalue weighted by molar-refractivity contribution is 0.0730. The highest BCUT2D eigenvalue weighted by Gasteiger charge is 2.26. The van der Waals surface area contributed by atoms with E-state index in [9.17, 15) is 13.2 Å². The van der Waals surface area contributed by atoms with Crippen LogP contribution in [0.4, 0.5) is 5.69 Å². The number of rotatable bonds is 5. The van der Waals surface area contributed by atoms with E-state index in [1.54, 1.807) is 24.3 Å². The minimum absolute atomic E-state index is 0.148. The average molecular weight is 414 g/mol. The van der Waals surface area contributed by atoms with E-state index in [1.807, 2.05) is 0 Å². The predicted octanol–water partition coefficient (Wildman–Crippen LogP) is 2.01. The highest BCUT2D eigenvalue weighted by molar-refractivity contribution is 7.89. The van der Waals surface area contributed by atoms with Gasteiger partial charge in [0.05, 0.1) is 18.1 Å². The second-order valence-corrected chi connectivity index (χ2v) is 8.26. The summed E-state index contributed by atoms with van der Waals surface area (Å²) in [6.45, 7) is 1.40. The van der Waals surface area contributed by atoms with Crippen LogP contribution in [0.15, 0.2) is 64.2 Å². The van der Waals surface area contributed by atoms with Crippen molar-refractivity contribution in [3.8, 4) is 11.5 Å². The van der Waals surface area contributed by atoms with Crippen LogP contribution in [0.5, 0.6) is 0 Å². The molecule has 1 amide bonds. The number of nitrogens with one attached hydrogen (secondary N) is 1. The van der Waals surface area contributed by atoms with Crippen molar-refractivity contribution >= 4 is 21.6 Å². The lowest BCUT2D eigenvalue weighted by Crippen LogP contribution is -2.40. The van der Waals surface area contributed by atoms with E-state index in [1.165, 1.54) is 35.0 Å². The summed E-state index contributed by atoms with van der Waals surface area (Å²) >= 11 is 0. The number of benzene rings is 2. The molecule has 0 bridgehead atoms. The lowest BCUT2D eigenvalue weighted by atomic mass is 10.1. The summed E-state index contributed by atoms with van der Waals surface area (Å²) < 4.78 is 37.1. The molecule has 0 unspecified atom stereocenters. The third kappa shape index (κ3) is 4.19. The number of sulfonamides is 1. The van der Waals surface area contributed by atoms with Crippen molar-refractivity contribution in [1.82, 2.24) is 14.5 Å². The van der Waals surface area contributed by atoms with Gasteiger partial charge in [-0.3, -0.25) is 4.79 Å². The highest BCUT2D eigenvalue weighted by atomic mass is 32.2. The monoisotopic (exact) mass is 414 g/mol. The third-order valence-electron chi connectivity index (χ3n) is 4.45. The van der Waals surface area contributed by atoms with Gasteiger partial charge in [-0.05, 0) is 42.5 Å². The second kappa shape index (κ2) is 8.11. The molecule has 29 heavy (non-hydrogen) atoms. The first-order valence-electron chi connectivity index (χ1n) is 8.90. The molecule has 2 aromatic carbocycles. The summed E-state index contributed by atoms with van der Waals surface area (Å²) in [7, 11) is -3.60. The maximum Gasteiger partial charge on any atom is 0.255 e. The van der Waals surface area contributed by atoms with Gasteiger partial charge < -0.3 is 14.5 Å². The number of hydrogen-bond acceptors (Lipinski definition) is 7. The Morgan fingerprint density at radius 3 is 2.52 bits per heavy atom. The summed E-state index contributed by atoms with van der Waals surface area (Å²) in [6, 6.07) is 12.8. The molecule has 3 aromatic rings. The number of aromatic nitrogens is 2. The Morgan fingerprint density at radius 2 is 1.83 bits per heavy atom. The molecular weight excluding hydrogens is 396 g/mol. The van der Waals surface area contributed by atoms with Crippen molar-refractivity contribution in [3.05, 3.63) is 60.5 Å². The van der Waals surface area contributed by atoms with E-state index in [4.69, 9.17) is 9.15 Å². The minimum Gasteiger partial charge on any atom is -0.423 e. The quantitative estimate of drug-likeness (QED) is 0.679. The first-order chi connectivity index (χ1) is 14.0. The standard InChI is InChI=1S/C19H18N4O5S/c24-18(21-16-3-1-2-15(12-16)19-22-20-13-28-19)14-4-6-17(7-5-14)29(25,26)23-8-10-27-11-9-23/h1-7,12-13H,8-11H2,(H,21,24). The number of anilines is 1. The van der Waals surface area contributed by atoms with Gasteiger partial charge in [-0.15, -0.1) is 10.2 Å². The first kappa shape index (κ1) is 19.2. The molecule has 0 saturated carbocycles. The second-order valence-electron chi connectivity index (χ2n) is 6.32. The fraction of sp³-hybridized carbons (Fsp3) is 0.211. The summed E-state index contributed by atoms with van der Waals surface area (Å²) in [5, 5.41) is 10.2. The minimum atomic E-state index is -3.60. The molecule has 1 aliphatic rings. The van der Waals surface area contributed by atoms with Crippen LogP contribution in [0.3, 0.4) is 0 Å². The molecule has 1 N–H and O–H groups in total. The zero-order valence-corrected chi connectivity index (χ0v) is 16.1. The van der Waals surface area contributed by atoms with Crippen LogP contribution in [0, 0.1) is 0 Å². The van der Waals surface area contributed by atoms with Gasteiger partial charge in [0.2, 0.25) is 22.3 Å². The van der Waals surface area contributed by atoms with E-state index in [0.29, 0.717) is 49.0 Å². The van der Waals surface area contributed by atoms with Crippen molar-refractivity contribution in [2.75, 3.05) is 31.6 Å². The summed E-state index contributed by atoms with van der Waals surface area (Å²) in [4.78, 5) is 12.7. The summed E-state index contributed by atoms with van der Waals surface area (Å²) in [5.41, 5.74) is 1.57. The first-order valence-corrected chi connectivity index (χ1v) is 10.3. The van der Waals surface area contributed by atoms with Crippen LogP contribution in [-0.2, 0) is 14.8 Å². The molecular formula is C19H18N4O5S. The summed E-state index contributed by atoms with van der Waals surface area (Å²) in [5.74, 6) is -0.0122. The Hall–Kier alpha value is -3.08. The van der Waals surface area contributed by atoms with Crippen molar-refractivity contribution in [3.63, 3.8) is 0 Å². The van der Waals surface area contributed by atoms with Crippen molar-refractivity contribution in [2.24, 2.45) is 0 Å². The Labute approximate surface area is 167 Å². The topological polar surface area (TPSA) is 115 Å². The fourth-order valence-corrected chi connectivity index (χ4v) is 4.35. The average Bonchev–Trinajstić information content (AvgIpc) is 3.30. The fourth-order valence-electron chi connectivity index (χ4n) is 2.95. The number of amides is 1. The van der Waals surface area contributed by atoms with Crippen LogP contribution < -0.4 is 5.32 Å². The zero-order valence-electron chi connectivity index (χ0n) is 15.3. The van der Waals surface area contributed by atoms with Gasteiger partial charge in [0.15, 0.2) is 0 Å². The van der Waals surface area contributed by atoms with Gasteiger partial charge in [0.1, 0.15) is 0 Å². The maximum absolute atomic E-state index is 12.7. The van der Waals surface area contributed by atoms with Crippen LogP contribution in [-0.4, -0.2) is 55.1 Å². The number of morpholine rings is 1. The Kier molecular flexibility index (Phi) is 5.38. The number of nitrogens with zero attached hydrogens (tertiary/aromatic N) is 3. The lowest BCUT2D eigenvalue weighted by Gasteiger charge is -2.26. The normalized spacial score (nSPS) is 15.2. The molecule has 0 radical (unpaired) electrons. The molecule has 1 aliphatic heterocycles. The Bertz CT molecular complexity index is 1090. The Balaban J connectivity index is 1.48. The molecule has 10 heteroatoms. The molecule has 150 valence electrons. The largest absolute Gasteiger partial charge is 0.423 e. The van der Waals surface area contributed by atoms with Crippen molar-refractivity contribution in [1.29, 1.82) is 0 Å². The number of ether oxygens (including phenoxy) is 1. The number of carbonyl (C=O) groups excluding carboxylic acids is 1. The number of carbonyl (C=O) groups is 1. The van der Waals surface area contributed by atoms with Crippen LogP contribution in [0.1, 0.15) is 10.4 Å². The van der Waals surface area contributed by atoms with E-state index in [2.05, 4.69) is 15.5 Å².